The van der Waals surface area contributed by atoms with Gasteiger partial charge in [0.05, 0.1) is 22.5 Å². The van der Waals surface area contributed by atoms with E-state index in [2.05, 4.69) is 0 Å². The second kappa shape index (κ2) is 7.46. The van der Waals surface area contributed by atoms with E-state index >= 15 is 0 Å². The summed E-state index contributed by atoms with van der Waals surface area (Å²) in [6.07, 6.45) is 0.489. The lowest BCUT2D eigenvalue weighted by molar-refractivity contribution is 0.0872. The molecule has 6 heteroatoms. The fourth-order valence-electron chi connectivity index (χ4n) is 5.37. The molecule has 6 rings (SSSR count). The summed E-state index contributed by atoms with van der Waals surface area (Å²) in [6, 6.07) is 20.8. The van der Waals surface area contributed by atoms with E-state index in [0.29, 0.717) is 61.9 Å². The van der Waals surface area contributed by atoms with Crippen LogP contribution in [-0.4, -0.2) is 23.6 Å². The maximum atomic E-state index is 13.8. The summed E-state index contributed by atoms with van der Waals surface area (Å²) in [5.74, 6) is -1.83. The number of nitrogens with zero attached hydrogens (tertiary/aromatic N) is 2. The van der Waals surface area contributed by atoms with Gasteiger partial charge in [-0.3, -0.25) is 19.2 Å². The number of amides is 4. The Hall–Kier alpha value is -4.58. The van der Waals surface area contributed by atoms with E-state index in [1.54, 1.807) is 60.7 Å². The summed E-state index contributed by atoms with van der Waals surface area (Å²) in [4.78, 5) is 57.2. The lowest BCUT2D eigenvalue weighted by Crippen LogP contribution is -2.44. The Morgan fingerprint density at radius 1 is 0.571 bits per heavy atom. The van der Waals surface area contributed by atoms with Crippen molar-refractivity contribution in [2.45, 2.75) is 20.3 Å². The minimum atomic E-state index is -0.472. The summed E-state index contributed by atoms with van der Waals surface area (Å²) >= 11 is 0. The van der Waals surface area contributed by atoms with Gasteiger partial charge in [-0.1, -0.05) is 43.3 Å². The first-order chi connectivity index (χ1) is 17.0. The molecule has 2 aliphatic heterocycles. The Balaban J connectivity index is 1.69. The van der Waals surface area contributed by atoms with Crippen LogP contribution in [0.5, 0.6) is 0 Å². The molecule has 0 spiro atoms. The second-order valence-electron chi connectivity index (χ2n) is 8.68. The summed E-state index contributed by atoms with van der Waals surface area (Å²) in [5.41, 5.74) is 3.69. The van der Waals surface area contributed by atoms with E-state index in [1.807, 2.05) is 26.0 Å². The summed E-state index contributed by atoms with van der Waals surface area (Å²) in [6.45, 7) is 3.74. The van der Waals surface area contributed by atoms with Crippen LogP contribution in [0.15, 0.2) is 72.8 Å². The number of carbonyl (C=O) groups excluding carboxylic acids is 4. The van der Waals surface area contributed by atoms with Crippen molar-refractivity contribution in [2.24, 2.45) is 0 Å². The number of para-hydroxylation sites is 2. The predicted molar refractivity (Wildman–Crippen MR) is 133 cm³/mol. The maximum Gasteiger partial charge on any atom is 0.266 e. The highest BCUT2D eigenvalue weighted by Gasteiger charge is 2.43. The molecule has 170 valence electrons. The SMILES string of the molecule is CCc1c(C)c2c3c(ccc4c3c1C(=O)N(c1ccccc1)C4=O)C(=O)N(c1ccccc1)C2=O. The molecule has 0 N–H and O–H groups in total. The lowest BCUT2D eigenvalue weighted by atomic mass is 9.80. The maximum absolute atomic E-state index is 13.8. The van der Waals surface area contributed by atoms with E-state index in [-0.39, 0.29) is 0 Å². The fraction of sp³-hybridized carbons (Fsp3) is 0.103. The van der Waals surface area contributed by atoms with E-state index in [4.69, 9.17) is 0 Å². The van der Waals surface area contributed by atoms with Crippen LogP contribution < -0.4 is 9.80 Å². The van der Waals surface area contributed by atoms with Gasteiger partial charge in [-0.2, -0.15) is 0 Å². The first kappa shape index (κ1) is 21.0. The molecule has 35 heavy (non-hydrogen) atoms. The molecule has 2 aliphatic rings. The quantitative estimate of drug-likeness (QED) is 0.388. The van der Waals surface area contributed by atoms with E-state index < -0.39 is 23.6 Å². The fourth-order valence-corrected chi connectivity index (χ4v) is 5.37. The van der Waals surface area contributed by atoms with Gasteiger partial charge in [0.2, 0.25) is 0 Å². The Morgan fingerprint density at radius 2 is 1.00 bits per heavy atom. The van der Waals surface area contributed by atoms with Crippen molar-refractivity contribution in [3.05, 3.63) is 106 Å². The van der Waals surface area contributed by atoms with E-state index in [0.717, 1.165) is 0 Å². The van der Waals surface area contributed by atoms with Gasteiger partial charge in [-0.05, 0) is 60.9 Å². The third-order valence-electron chi connectivity index (χ3n) is 6.92. The Kier molecular flexibility index (Phi) is 4.48. The molecule has 4 aromatic carbocycles. The zero-order valence-electron chi connectivity index (χ0n) is 19.2. The average molecular weight is 460 g/mol. The smallest absolute Gasteiger partial charge is 0.266 e. The van der Waals surface area contributed by atoms with Gasteiger partial charge in [-0.15, -0.1) is 0 Å². The van der Waals surface area contributed by atoms with E-state index in [9.17, 15) is 19.2 Å². The number of carbonyl (C=O) groups is 4. The van der Waals surface area contributed by atoms with Crippen LogP contribution in [0, 0.1) is 6.92 Å². The number of hydrogen-bond donors (Lipinski definition) is 0. The van der Waals surface area contributed by atoms with E-state index in [1.165, 1.54) is 9.80 Å². The molecule has 0 saturated carbocycles. The predicted octanol–water partition coefficient (Wildman–Crippen LogP) is 5.31. The average Bonchev–Trinajstić information content (AvgIpc) is 2.87. The van der Waals surface area contributed by atoms with Gasteiger partial charge in [0.15, 0.2) is 0 Å². The molecular formula is C29H20N2O4. The van der Waals surface area contributed by atoms with Crippen molar-refractivity contribution >= 4 is 45.8 Å². The first-order valence-electron chi connectivity index (χ1n) is 11.5. The summed E-state index contributed by atoms with van der Waals surface area (Å²) in [5, 5.41) is 0.792. The molecule has 0 atom stereocenters. The van der Waals surface area contributed by atoms with Crippen molar-refractivity contribution in [1.82, 2.24) is 0 Å². The van der Waals surface area contributed by atoms with Gasteiger partial charge < -0.3 is 0 Å². The molecule has 0 aromatic heterocycles. The molecule has 0 unspecified atom stereocenters. The molecule has 0 saturated heterocycles. The molecule has 0 aliphatic carbocycles. The highest BCUT2D eigenvalue weighted by molar-refractivity contribution is 6.42. The summed E-state index contributed by atoms with van der Waals surface area (Å²) < 4.78 is 0. The molecule has 0 fully saturated rings. The number of hydrogen-bond acceptors (Lipinski definition) is 4. The van der Waals surface area contributed by atoms with Crippen LogP contribution in [0.2, 0.25) is 0 Å². The van der Waals surface area contributed by atoms with Gasteiger partial charge in [0.25, 0.3) is 23.6 Å². The first-order valence-corrected chi connectivity index (χ1v) is 11.5. The Morgan fingerprint density at radius 3 is 1.46 bits per heavy atom. The minimum Gasteiger partial charge on any atom is -0.268 e. The monoisotopic (exact) mass is 460 g/mol. The molecular weight excluding hydrogens is 440 g/mol. The van der Waals surface area contributed by atoms with Crippen molar-refractivity contribution in [3.63, 3.8) is 0 Å². The summed E-state index contributed by atoms with van der Waals surface area (Å²) in [7, 11) is 0. The number of benzene rings is 4. The second-order valence-corrected chi connectivity index (χ2v) is 8.68. The Labute approximate surface area is 201 Å². The van der Waals surface area contributed by atoms with Crippen molar-refractivity contribution in [1.29, 1.82) is 0 Å². The van der Waals surface area contributed by atoms with Crippen LogP contribution in [0.4, 0.5) is 11.4 Å². The number of rotatable bonds is 3. The number of imide groups is 2. The molecule has 0 radical (unpaired) electrons. The third kappa shape index (κ3) is 2.71. The van der Waals surface area contributed by atoms with Crippen LogP contribution in [0.25, 0.3) is 10.8 Å². The molecule has 4 amide bonds. The number of anilines is 2. The van der Waals surface area contributed by atoms with Crippen LogP contribution in [-0.2, 0) is 6.42 Å². The zero-order valence-corrected chi connectivity index (χ0v) is 19.2. The standard InChI is InChI=1S/C29H20N2O4/c1-3-19-16(2)22-23-20(26(32)30(28(22)34)17-10-6-4-7-11-17)14-15-21-24(23)25(19)29(35)31(27(21)33)18-12-8-5-9-13-18/h4-15H,3H2,1-2H3. The van der Waals surface area contributed by atoms with Crippen molar-refractivity contribution in [3.8, 4) is 0 Å². The third-order valence-corrected chi connectivity index (χ3v) is 6.92. The highest BCUT2D eigenvalue weighted by atomic mass is 16.2. The molecule has 6 nitrogen and oxygen atoms in total. The largest absolute Gasteiger partial charge is 0.268 e. The van der Waals surface area contributed by atoms with Crippen molar-refractivity contribution in [2.75, 3.05) is 9.80 Å². The topological polar surface area (TPSA) is 74.8 Å². The highest BCUT2D eigenvalue weighted by Crippen LogP contribution is 2.43. The van der Waals surface area contributed by atoms with Crippen LogP contribution in [0.1, 0.15) is 59.5 Å². The van der Waals surface area contributed by atoms with Gasteiger partial charge in [0, 0.05) is 21.9 Å². The lowest BCUT2D eigenvalue weighted by Gasteiger charge is -2.34. The molecule has 4 aromatic rings. The minimum absolute atomic E-state index is 0.308. The zero-order chi connectivity index (χ0) is 24.4. The van der Waals surface area contributed by atoms with Crippen molar-refractivity contribution < 1.29 is 19.2 Å². The van der Waals surface area contributed by atoms with Crippen LogP contribution >= 0.6 is 0 Å². The molecule has 0 bridgehead atoms. The Bertz CT molecular complexity index is 1610. The van der Waals surface area contributed by atoms with Crippen LogP contribution in [0.3, 0.4) is 0 Å². The van der Waals surface area contributed by atoms with Gasteiger partial charge in [0.1, 0.15) is 0 Å². The van der Waals surface area contributed by atoms with Gasteiger partial charge in [-0.25, -0.2) is 9.80 Å². The normalized spacial score (nSPS) is 14.8. The molecule has 2 heterocycles. The van der Waals surface area contributed by atoms with Gasteiger partial charge >= 0.3 is 0 Å².